The molecule has 0 heterocycles. The lowest BCUT2D eigenvalue weighted by molar-refractivity contribution is 0.412. The molecular formula is C18H19O3P. The van der Waals surface area contributed by atoms with Crippen molar-refractivity contribution in [3.8, 4) is 11.5 Å². The minimum atomic E-state index is -2.69. The van der Waals surface area contributed by atoms with Gasteiger partial charge in [0.1, 0.15) is 11.5 Å². The van der Waals surface area contributed by atoms with Crippen LogP contribution in [0.5, 0.6) is 11.5 Å². The molecule has 0 aliphatic heterocycles. The van der Waals surface area contributed by atoms with Gasteiger partial charge < -0.3 is 9.05 Å². The number of hydrogen-bond donors (Lipinski definition) is 0. The first kappa shape index (κ1) is 16.1. The van der Waals surface area contributed by atoms with Gasteiger partial charge in [-0.05, 0) is 36.1 Å². The number of allylic oxidation sites excluding steroid dienone is 2. The van der Waals surface area contributed by atoms with E-state index in [0.717, 1.165) is 11.1 Å². The van der Waals surface area contributed by atoms with Gasteiger partial charge in [0.25, 0.3) is 0 Å². The first-order valence-corrected chi connectivity index (χ1v) is 8.24. The van der Waals surface area contributed by atoms with E-state index in [9.17, 15) is 4.57 Å². The van der Waals surface area contributed by atoms with E-state index >= 15 is 0 Å². The van der Waals surface area contributed by atoms with Crippen molar-refractivity contribution >= 4 is 8.25 Å². The van der Waals surface area contributed by atoms with Gasteiger partial charge >= 0.3 is 8.25 Å². The molecule has 114 valence electrons. The summed E-state index contributed by atoms with van der Waals surface area (Å²) in [4.78, 5) is 0. The van der Waals surface area contributed by atoms with Crippen LogP contribution in [0.2, 0.25) is 0 Å². The normalized spacial score (nSPS) is 10.2. The van der Waals surface area contributed by atoms with Crippen LogP contribution in [-0.2, 0) is 17.4 Å². The van der Waals surface area contributed by atoms with Crippen molar-refractivity contribution in [2.24, 2.45) is 0 Å². The Morgan fingerprint density at radius 1 is 0.818 bits per heavy atom. The van der Waals surface area contributed by atoms with Gasteiger partial charge in [-0.3, -0.25) is 0 Å². The maximum atomic E-state index is 12.2. The smallest absolute Gasteiger partial charge is 0.418 e. The highest BCUT2D eigenvalue weighted by Gasteiger charge is 2.10. The quantitative estimate of drug-likeness (QED) is 0.508. The van der Waals surface area contributed by atoms with Crippen LogP contribution in [0.3, 0.4) is 0 Å². The topological polar surface area (TPSA) is 35.5 Å². The van der Waals surface area contributed by atoms with E-state index in [2.05, 4.69) is 13.2 Å². The van der Waals surface area contributed by atoms with Crippen LogP contribution in [0.25, 0.3) is 0 Å². The van der Waals surface area contributed by atoms with Gasteiger partial charge in [-0.2, -0.15) is 0 Å². The van der Waals surface area contributed by atoms with Crippen molar-refractivity contribution in [3.63, 3.8) is 0 Å². The fourth-order valence-electron chi connectivity index (χ4n) is 2.06. The first-order chi connectivity index (χ1) is 10.7. The first-order valence-electron chi connectivity index (χ1n) is 7.02. The highest BCUT2D eigenvalue weighted by atomic mass is 31.1. The highest BCUT2D eigenvalue weighted by Crippen LogP contribution is 2.34. The average molecular weight is 314 g/mol. The van der Waals surface area contributed by atoms with Crippen LogP contribution in [0.15, 0.2) is 73.8 Å². The molecule has 2 aromatic rings. The Hall–Kier alpha value is -2.25. The molecule has 0 amide bonds. The number of hydrogen-bond acceptors (Lipinski definition) is 3. The zero-order chi connectivity index (χ0) is 15.8. The second-order valence-corrected chi connectivity index (χ2v) is 5.56. The molecule has 0 aromatic heterocycles. The molecule has 0 spiro atoms. The van der Waals surface area contributed by atoms with Crippen molar-refractivity contribution in [3.05, 3.63) is 85.0 Å². The summed E-state index contributed by atoms with van der Waals surface area (Å²) in [7, 11) is -2.69. The molecule has 4 heteroatoms. The van der Waals surface area contributed by atoms with E-state index in [1.807, 2.05) is 36.4 Å². The molecule has 0 fully saturated rings. The van der Waals surface area contributed by atoms with Crippen molar-refractivity contribution < 1.29 is 13.6 Å². The van der Waals surface area contributed by atoms with Crippen LogP contribution in [0.1, 0.15) is 11.1 Å². The SMILES string of the molecule is C=CCc1ccccc1O[PH](=O)Oc1ccccc1CC=C. The Kier molecular flexibility index (Phi) is 6.05. The summed E-state index contributed by atoms with van der Waals surface area (Å²) in [5.74, 6) is 1.12. The number of para-hydroxylation sites is 2. The molecular weight excluding hydrogens is 295 g/mol. The maximum Gasteiger partial charge on any atom is 0.418 e. The Bertz CT molecular complexity index is 622. The van der Waals surface area contributed by atoms with Gasteiger partial charge in [-0.15, -0.1) is 13.2 Å². The standard InChI is InChI=1S/C18H19O3P/c1-3-9-15-11-5-7-13-17(15)20-22(19)21-18-14-8-6-12-16(18)10-4-2/h3-8,11-14,22H,1-2,9-10H2. The highest BCUT2D eigenvalue weighted by molar-refractivity contribution is 7.34. The molecule has 0 aliphatic rings. The van der Waals surface area contributed by atoms with Crippen molar-refractivity contribution in [2.75, 3.05) is 0 Å². The monoisotopic (exact) mass is 314 g/mol. The summed E-state index contributed by atoms with van der Waals surface area (Å²) in [5.41, 5.74) is 1.86. The molecule has 0 unspecified atom stereocenters. The minimum absolute atomic E-state index is 0.562. The summed E-state index contributed by atoms with van der Waals surface area (Å²) in [6, 6.07) is 14.9. The zero-order valence-electron chi connectivity index (χ0n) is 12.3. The van der Waals surface area contributed by atoms with Gasteiger partial charge in [0.05, 0.1) is 0 Å². The fraction of sp³-hybridized carbons (Fsp3) is 0.111. The molecule has 0 atom stereocenters. The van der Waals surface area contributed by atoms with Crippen molar-refractivity contribution in [2.45, 2.75) is 12.8 Å². The predicted octanol–water partition coefficient (Wildman–Crippen LogP) is 4.99. The van der Waals surface area contributed by atoms with Crippen LogP contribution < -0.4 is 9.05 Å². The summed E-state index contributed by atoms with van der Waals surface area (Å²) in [6.45, 7) is 7.42. The summed E-state index contributed by atoms with van der Waals surface area (Å²) < 4.78 is 23.2. The molecule has 3 nitrogen and oxygen atoms in total. The van der Waals surface area contributed by atoms with Crippen LogP contribution in [-0.4, -0.2) is 0 Å². The molecule has 0 aliphatic carbocycles. The Labute approximate surface area is 131 Å². The molecule has 22 heavy (non-hydrogen) atoms. The third kappa shape index (κ3) is 4.37. The molecule has 0 bridgehead atoms. The predicted molar refractivity (Wildman–Crippen MR) is 90.9 cm³/mol. The lowest BCUT2D eigenvalue weighted by Gasteiger charge is -2.12. The zero-order valence-corrected chi connectivity index (χ0v) is 13.3. The Morgan fingerprint density at radius 3 is 1.64 bits per heavy atom. The largest absolute Gasteiger partial charge is 0.418 e. The van der Waals surface area contributed by atoms with Crippen molar-refractivity contribution in [1.82, 2.24) is 0 Å². The second-order valence-electron chi connectivity index (χ2n) is 4.66. The van der Waals surface area contributed by atoms with E-state index in [1.54, 1.807) is 24.3 Å². The van der Waals surface area contributed by atoms with E-state index in [0.29, 0.717) is 24.3 Å². The van der Waals surface area contributed by atoms with Gasteiger partial charge in [0.15, 0.2) is 0 Å². The maximum absolute atomic E-state index is 12.2. The third-order valence-electron chi connectivity index (χ3n) is 3.06. The van der Waals surface area contributed by atoms with Crippen LogP contribution in [0, 0.1) is 0 Å². The summed E-state index contributed by atoms with van der Waals surface area (Å²) in [5, 5.41) is 0. The van der Waals surface area contributed by atoms with E-state index in [-0.39, 0.29) is 0 Å². The lowest BCUT2D eigenvalue weighted by atomic mass is 10.1. The van der Waals surface area contributed by atoms with Crippen LogP contribution >= 0.6 is 8.25 Å². The van der Waals surface area contributed by atoms with Gasteiger partial charge in [0, 0.05) is 0 Å². The van der Waals surface area contributed by atoms with Crippen LogP contribution in [0.4, 0.5) is 0 Å². The summed E-state index contributed by atoms with van der Waals surface area (Å²) >= 11 is 0. The fourth-order valence-corrected chi connectivity index (χ4v) is 2.85. The van der Waals surface area contributed by atoms with E-state index < -0.39 is 8.25 Å². The van der Waals surface area contributed by atoms with Gasteiger partial charge in [-0.1, -0.05) is 48.6 Å². The van der Waals surface area contributed by atoms with Gasteiger partial charge in [0.2, 0.25) is 0 Å². The van der Waals surface area contributed by atoms with E-state index in [4.69, 9.17) is 9.05 Å². The van der Waals surface area contributed by atoms with Gasteiger partial charge in [-0.25, -0.2) is 4.57 Å². The lowest BCUT2D eigenvalue weighted by Crippen LogP contribution is -1.95. The third-order valence-corrected chi connectivity index (χ3v) is 3.83. The summed E-state index contributed by atoms with van der Waals surface area (Å²) in [6.07, 6.45) is 4.86. The Balaban J connectivity index is 2.11. The Morgan fingerprint density at radius 2 is 1.23 bits per heavy atom. The molecule has 0 N–H and O–H groups in total. The number of rotatable bonds is 8. The minimum Gasteiger partial charge on any atom is -0.418 e. The second kappa shape index (κ2) is 8.26. The molecule has 0 saturated carbocycles. The average Bonchev–Trinajstić information content (AvgIpc) is 2.52. The van der Waals surface area contributed by atoms with Crippen molar-refractivity contribution in [1.29, 1.82) is 0 Å². The number of benzene rings is 2. The molecule has 2 aromatic carbocycles. The van der Waals surface area contributed by atoms with E-state index in [1.165, 1.54) is 0 Å². The molecule has 0 saturated heterocycles. The molecule has 2 rings (SSSR count). The molecule has 0 radical (unpaired) electrons.